The number of carbonyl (C=O) groups is 4. The SMILES string of the molecule is CCCCCCCCCCC(CC(=O)O)(C(=O)O)C(CCCCCCCCCC)(C(=O)O)C(CCCCCCCCCC)(C(=O)O)C1CC(C)(C)NC(C)(C)C1. The smallest absolute Gasteiger partial charge is 0.312 e. The Morgan fingerprint density at radius 3 is 1.14 bits per heavy atom. The lowest BCUT2D eigenvalue weighted by Gasteiger charge is -2.60. The van der Waals surface area contributed by atoms with E-state index in [0.717, 1.165) is 109 Å². The molecule has 328 valence electrons. The van der Waals surface area contributed by atoms with E-state index < -0.39 is 63.5 Å². The van der Waals surface area contributed by atoms with Gasteiger partial charge in [-0.3, -0.25) is 19.2 Å². The fourth-order valence-electron chi connectivity index (χ4n) is 11.0. The van der Waals surface area contributed by atoms with E-state index in [1.165, 1.54) is 6.42 Å². The van der Waals surface area contributed by atoms with E-state index in [9.17, 15) is 39.6 Å². The third-order valence-corrected chi connectivity index (χ3v) is 13.4. The molecule has 1 aliphatic rings. The standard InChI is InChI=1S/C47H87NO8/c1-8-11-14-17-20-23-26-29-32-45(40(51)52,37-39(49)50)47(42(55)56,34-31-28-25-22-19-16-13-10-3)46(41(53)54,33-30-27-24-21-18-15-12-9-2)38-35-43(4,5)48-44(6,7)36-38/h38,48H,8-37H2,1-7H3,(H,49,50)(H,51,52)(H,53,54)(H,55,56). The highest BCUT2D eigenvalue weighted by Crippen LogP contribution is 2.66. The summed E-state index contributed by atoms with van der Waals surface area (Å²) in [7, 11) is 0. The van der Waals surface area contributed by atoms with Crippen molar-refractivity contribution >= 4 is 23.9 Å². The monoisotopic (exact) mass is 794 g/mol. The van der Waals surface area contributed by atoms with Gasteiger partial charge < -0.3 is 25.7 Å². The number of aliphatic carboxylic acids is 4. The van der Waals surface area contributed by atoms with Crippen LogP contribution in [0.2, 0.25) is 0 Å². The van der Waals surface area contributed by atoms with Gasteiger partial charge in [-0.2, -0.15) is 0 Å². The zero-order valence-corrected chi connectivity index (χ0v) is 37.2. The van der Waals surface area contributed by atoms with Crippen LogP contribution >= 0.6 is 0 Å². The molecular weight excluding hydrogens is 707 g/mol. The minimum atomic E-state index is -2.37. The summed E-state index contributed by atoms with van der Waals surface area (Å²) in [5.74, 6) is -6.33. The van der Waals surface area contributed by atoms with Gasteiger partial charge in [0.25, 0.3) is 0 Å². The minimum absolute atomic E-state index is 0.00349. The molecule has 1 aliphatic heterocycles. The van der Waals surface area contributed by atoms with E-state index in [1.807, 2.05) is 27.7 Å². The number of unbranched alkanes of at least 4 members (excludes halogenated alkanes) is 21. The number of rotatable bonds is 35. The third-order valence-electron chi connectivity index (χ3n) is 13.4. The molecule has 0 aromatic heterocycles. The van der Waals surface area contributed by atoms with E-state index in [2.05, 4.69) is 26.1 Å². The van der Waals surface area contributed by atoms with Crippen molar-refractivity contribution in [2.75, 3.05) is 0 Å². The summed E-state index contributed by atoms with van der Waals surface area (Å²) >= 11 is 0. The van der Waals surface area contributed by atoms with Crippen LogP contribution < -0.4 is 5.32 Å². The van der Waals surface area contributed by atoms with Crippen molar-refractivity contribution < 1.29 is 39.6 Å². The first kappa shape index (κ1) is 51.9. The van der Waals surface area contributed by atoms with E-state index in [-0.39, 0.29) is 19.3 Å². The van der Waals surface area contributed by atoms with Crippen molar-refractivity contribution in [3.05, 3.63) is 0 Å². The van der Waals surface area contributed by atoms with E-state index >= 15 is 0 Å². The van der Waals surface area contributed by atoms with Crippen LogP contribution in [0.4, 0.5) is 0 Å². The molecule has 0 bridgehead atoms. The molecule has 9 heteroatoms. The lowest BCUT2D eigenvalue weighted by molar-refractivity contribution is -0.218. The average molecular weight is 794 g/mol. The molecule has 0 spiro atoms. The summed E-state index contributed by atoms with van der Waals surface area (Å²) in [6.45, 7) is 14.5. The van der Waals surface area contributed by atoms with Gasteiger partial charge in [-0.25, -0.2) is 0 Å². The van der Waals surface area contributed by atoms with Crippen molar-refractivity contribution in [1.82, 2.24) is 5.32 Å². The molecule has 1 saturated heterocycles. The molecule has 0 amide bonds. The van der Waals surface area contributed by atoms with Gasteiger partial charge in [0.15, 0.2) is 0 Å². The van der Waals surface area contributed by atoms with Gasteiger partial charge in [0.1, 0.15) is 5.41 Å². The zero-order chi connectivity index (χ0) is 42.3. The van der Waals surface area contributed by atoms with Crippen LogP contribution in [-0.2, 0) is 19.2 Å². The topological polar surface area (TPSA) is 161 Å². The number of piperidine rings is 1. The molecule has 0 radical (unpaired) electrons. The first-order valence-corrected chi connectivity index (χ1v) is 23.2. The molecule has 3 atom stereocenters. The van der Waals surface area contributed by atoms with Crippen LogP contribution in [0.3, 0.4) is 0 Å². The van der Waals surface area contributed by atoms with Gasteiger partial charge in [0, 0.05) is 11.1 Å². The van der Waals surface area contributed by atoms with Crippen molar-refractivity contribution in [2.45, 2.75) is 252 Å². The first-order valence-electron chi connectivity index (χ1n) is 23.2. The van der Waals surface area contributed by atoms with E-state index in [1.54, 1.807) is 0 Å². The second-order valence-electron chi connectivity index (χ2n) is 19.1. The molecule has 3 unspecified atom stereocenters. The Kier molecular flexibility index (Phi) is 24.1. The van der Waals surface area contributed by atoms with Crippen molar-refractivity contribution in [3.8, 4) is 0 Å². The number of carboxylic acid groups (broad SMARTS) is 4. The molecule has 1 rings (SSSR count). The van der Waals surface area contributed by atoms with Gasteiger partial charge in [-0.15, -0.1) is 0 Å². The predicted molar refractivity (Wildman–Crippen MR) is 228 cm³/mol. The first-order chi connectivity index (χ1) is 26.4. The summed E-state index contributed by atoms with van der Waals surface area (Å²) in [6, 6.07) is 0. The summed E-state index contributed by atoms with van der Waals surface area (Å²) in [5.41, 5.74) is -7.84. The molecule has 0 aromatic carbocycles. The fourth-order valence-corrected chi connectivity index (χ4v) is 11.0. The number of hydrogen-bond acceptors (Lipinski definition) is 5. The van der Waals surface area contributed by atoms with Gasteiger partial charge in [-0.1, -0.05) is 175 Å². The van der Waals surface area contributed by atoms with Gasteiger partial charge in [0.2, 0.25) is 0 Å². The average Bonchev–Trinajstić information content (AvgIpc) is 3.09. The lowest BCUT2D eigenvalue weighted by Crippen LogP contribution is -2.70. The van der Waals surface area contributed by atoms with Gasteiger partial charge in [0.05, 0.1) is 17.3 Å². The molecule has 5 N–H and O–H groups in total. The molecule has 0 saturated carbocycles. The summed E-state index contributed by atoms with van der Waals surface area (Å²) in [5, 5.41) is 49.5. The summed E-state index contributed by atoms with van der Waals surface area (Å²) < 4.78 is 0. The zero-order valence-electron chi connectivity index (χ0n) is 37.2. The molecular formula is C47H87NO8. The second kappa shape index (κ2) is 26.0. The predicted octanol–water partition coefficient (Wildman–Crippen LogP) is 12.8. The number of nitrogens with one attached hydrogen (secondary N) is 1. The molecule has 1 fully saturated rings. The van der Waals surface area contributed by atoms with Crippen LogP contribution in [-0.4, -0.2) is 55.4 Å². The van der Waals surface area contributed by atoms with Crippen LogP contribution in [0.1, 0.15) is 241 Å². The van der Waals surface area contributed by atoms with Crippen LogP contribution in [0.15, 0.2) is 0 Å². The molecule has 0 aliphatic carbocycles. The summed E-state index contributed by atoms with van der Waals surface area (Å²) in [4.78, 5) is 56.4. The Morgan fingerprint density at radius 2 is 0.821 bits per heavy atom. The lowest BCUT2D eigenvalue weighted by atomic mass is 9.40. The van der Waals surface area contributed by atoms with E-state index in [4.69, 9.17) is 0 Å². The highest BCUT2D eigenvalue weighted by atomic mass is 16.4. The Labute approximate surface area is 342 Å². The minimum Gasteiger partial charge on any atom is -0.481 e. The molecule has 0 aromatic rings. The normalized spacial score (nSPS) is 18.8. The number of carboxylic acids is 4. The molecule has 1 heterocycles. The van der Waals surface area contributed by atoms with Crippen molar-refractivity contribution in [2.24, 2.45) is 22.2 Å². The highest BCUT2D eigenvalue weighted by Gasteiger charge is 2.75. The van der Waals surface area contributed by atoms with Crippen LogP contribution in [0.5, 0.6) is 0 Å². The van der Waals surface area contributed by atoms with Crippen LogP contribution in [0.25, 0.3) is 0 Å². The Balaban J connectivity index is 4.03. The molecule has 56 heavy (non-hydrogen) atoms. The number of hydrogen-bond donors (Lipinski definition) is 5. The van der Waals surface area contributed by atoms with Crippen molar-refractivity contribution in [1.29, 1.82) is 0 Å². The maximum absolute atomic E-state index is 14.6. The van der Waals surface area contributed by atoms with Gasteiger partial charge in [-0.05, 0) is 65.7 Å². The Morgan fingerprint density at radius 1 is 0.482 bits per heavy atom. The van der Waals surface area contributed by atoms with E-state index in [0.29, 0.717) is 51.4 Å². The highest BCUT2D eigenvalue weighted by molar-refractivity contribution is 5.95. The largest absolute Gasteiger partial charge is 0.481 e. The second-order valence-corrected chi connectivity index (χ2v) is 19.1. The quantitative estimate of drug-likeness (QED) is 0.0393. The fraction of sp³-hybridized carbons (Fsp3) is 0.915. The van der Waals surface area contributed by atoms with Crippen LogP contribution in [0, 0.1) is 22.2 Å². The van der Waals surface area contributed by atoms with Crippen molar-refractivity contribution in [3.63, 3.8) is 0 Å². The Hall–Kier alpha value is -2.16. The Bertz CT molecular complexity index is 1140. The summed E-state index contributed by atoms with van der Waals surface area (Å²) in [6.07, 6.45) is 21.5. The maximum Gasteiger partial charge on any atom is 0.312 e. The molecule has 9 nitrogen and oxygen atoms in total. The third kappa shape index (κ3) is 15.2. The van der Waals surface area contributed by atoms with Gasteiger partial charge >= 0.3 is 23.9 Å². The maximum atomic E-state index is 14.6.